The van der Waals surface area contributed by atoms with Crippen LogP contribution in [0.4, 0.5) is 4.39 Å². The third-order valence-electron chi connectivity index (χ3n) is 5.67. The maximum atomic E-state index is 14.1. The van der Waals surface area contributed by atoms with Gasteiger partial charge in [0, 0.05) is 61.8 Å². The second kappa shape index (κ2) is 8.25. The van der Waals surface area contributed by atoms with Gasteiger partial charge < -0.3 is 15.5 Å². The maximum absolute atomic E-state index is 14.1. The molecule has 2 unspecified atom stereocenters. The van der Waals surface area contributed by atoms with Gasteiger partial charge in [-0.2, -0.15) is 0 Å². The van der Waals surface area contributed by atoms with Crippen LogP contribution in [-0.4, -0.2) is 73.5 Å². The first kappa shape index (κ1) is 19.5. The number of aliphatic imine (C=N–C) groups is 1. The molecule has 2 saturated carbocycles. The molecule has 4 rings (SSSR count). The summed E-state index contributed by atoms with van der Waals surface area (Å²) in [4.78, 5) is 20.8. The Morgan fingerprint density at radius 2 is 2.00 bits per heavy atom. The summed E-state index contributed by atoms with van der Waals surface area (Å²) in [6.07, 6.45) is 3.07. The van der Waals surface area contributed by atoms with Gasteiger partial charge in [0.25, 0.3) is 0 Å². The Morgan fingerprint density at radius 1 is 1.25 bits per heavy atom. The van der Waals surface area contributed by atoms with Gasteiger partial charge in [0.2, 0.25) is 5.91 Å². The number of carbonyl (C=O) groups is 1. The van der Waals surface area contributed by atoms with Crippen molar-refractivity contribution in [3.05, 3.63) is 34.6 Å². The fraction of sp³-hybridized carbons (Fsp3) is 0.600. The van der Waals surface area contributed by atoms with Crippen LogP contribution < -0.4 is 10.6 Å². The Morgan fingerprint density at radius 3 is 2.64 bits per heavy atom. The van der Waals surface area contributed by atoms with Crippen LogP contribution in [0.5, 0.6) is 0 Å². The first-order valence-electron chi connectivity index (χ1n) is 9.99. The molecule has 28 heavy (non-hydrogen) atoms. The molecule has 8 heteroatoms. The summed E-state index contributed by atoms with van der Waals surface area (Å²) in [6.45, 7) is 3.74. The van der Waals surface area contributed by atoms with Crippen LogP contribution in [0.15, 0.2) is 23.2 Å². The van der Waals surface area contributed by atoms with Crippen molar-refractivity contribution < 1.29 is 9.18 Å². The van der Waals surface area contributed by atoms with Crippen molar-refractivity contribution in [2.45, 2.75) is 37.3 Å². The van der Waals surface area contributed by atoms with E-state index in [2.05, 4.69) is 25.4 Å². The van der Waals surface area contributed by atoms with E-state index >= 15 is 0 Å². The average Bonchev–Trinajstić information content (AvgIpc) is 3.58. The van der Waals surface area contributed by atoms with Crippen LogP contribution in [0.1, 0.15) is 30.7 Å². The van der Waals surface area contributed by atoms with Gasteiger partial charge in [-0.1, -0.05) is 17.7 Å². The van der Waals surface area contributed by atoms with Crippen LogP contribution in [0.3, 0.4) is 0 Å². The Labute approximate surface area is 170 Å². The van der Waals surface area contributed by atoms with E-state index < -0.39 is 0 Å². The number of halogens is 2. The summed E-state index contributed by atoms with van der Waals surface area (Å²) >= 11 is 6.20. The smallest absolute Gasteiger partial charge is 0.234 e. The van der Waals surface area contributed by atoms with Crippen LogP contribution in [0.25, 0.3) is 0 Å². The Bertz CT molecular complexity index is 741. The average molecular weight is 408 g/mol. The minimum Gasteiger partial charge on any atom is -0.353 e. The molecule has 1 heterocycles. The van der Waals surface area contributed by atoms with Gasteiger partial charge >= 0.3 is 0 Å². The lowest BCUT2D eigenvalue weighted by Crippen LogP contribution is -2.54. The minimum absolute atomic E-state index is 0.0814. The van der Waals surface area contributed by atoms with Crippen LogP contribution in [0.2, 0.25) is 5.02 Å². The third-order valence-corrected chi connectivity index (χ3v) is 6.00. The molecule has 2 atom stereocenters. The van der Waals surface area contributed by atoms with E-state index in [-0.39, 0.29) is 23.7 Å². The Kier molecular flexibility index (Phi) is 5.73. The number of rotatable bonds is 5. The largest absolute Gasteiger partial charge is 0.353 e. The van der Waals surface area contributed by atoms with Gasteiger partial charge in [-0.3, -0.25) is 14.7 Å². The SMILES string of the molecule is CN=C(NC1CC1c1c(F)cccc1Cl)N1CCN(CC(=O)NC2CC2)CC1. The number of nitrogens with one attached hydrogen (secondary N) is 2. The van der Waals surface area contributed by atoms with Gasteiger partial charge in [-0.05, 0) is 31.4 Å². The van der Waals surface area contributed by atoms with Gasteiger partial charge in [-0.25, -0.2) is 4.39 Å². The zero-order valence-electron chi connectivity index (χ0n) is 16.1. The molecule has 3 aliphatic rings. The molecule has 2 N–H and O–H groups in total. The van der Waals surface area contributed by atoms with Crippen molar-refractivity contribution in [2.24, 2.45) is 4.99 Å². The van der Waals surface area contributed by atoms with E-state index in [1.165, 1.54) is 6.07 Å². The normalized spacial score (nSPS) is 25.5. The molecule has 1 aromatic carbocycles. The zero-order valence-corrected chi connectivity index (χ0v) is 16.9. The Hall–Kier alpha value is -1.86. The van der Waals surface area contributed by atoms with Crippen molar-refractivity contribution in [1.82, 2.24) is 20.4 Å². The highest BCUT2D eigenvalue weighted by Gasteiger charge is 2.42. The molecule has 1 aromatic rings. The molecule has 152 valence electrons. The highest BCUT2D eigenvalue weighted by atomic mass is 35.5. The fourth-order valence-electron chi connectivity index (χ4n) is 3.82. The molecule has 1 saturated heterocycles. The predicted octanol–water partition coefficient (Wildman–Crippen LogP) is 1.81. The van der Waals surface area contributed by atoms with Crippen molar-refractivity contribution >= 4 is 23.5 Å². The van der Waals surface area contributed by atoms with E-state index in [0.29, 0.717) is 23.2 Å². The molecular formula is C20H27ClFN5O. The molecule has 1 amide bonds. The maximum Gasteiger partial charge on any atom is 0.234 e. The second-order valence-electron chi connectivity index (χ2n) is 7.88. The number of carbonyl (C=O) groups excluding carboxylic acids is 1. The lowest BCUT2D eigenvalue weighted by Gasteiger charge is -2.36. The molecule has 0 radical (unpaired) electrons. The van der Waals surface area contributed by atoms with Crippen LogP contribution in [0, 0.1) is 5.82 Å². The van der Waals surface area contributed by atoms with Crippen molar-refractivity contribution in [3.63, 3.8) is 0 Å². The molecule has 0 spiro atoms. The summed E-state index contributed by atoms with van der Waals surface area (Å²) < 4.78 is 14.1. The highest BCUT2D eigenvalue weighted by Crippen LogP contribution is 2.45. The van der Waals surface area contributed by atoms with Gasteiger partial charge in [0.15, 0.2) is 5.96 Å². The monoisotopic (exact) mass is 407 g/mol. The van der Waals surface area contributed by atoms with Gasteiger partial charge in [0.1, 0.15) is 5.82 Å². The minimum atomic E-state index is -0.241. The first-order valence-corrected chi connectivity index (χ1v) is 10.4. The van der Waals surface area contributed by atoms with Gasteiger partial charge in [0.05, 0.1) is 6.54 Å². The zero-order chi connectivity index (χ0) is 19.7. The van der Waals surface area contributed by atoms with E-state index in [1.54, 1.807) is 19.2 Å². The van der Waals surface area contributed by atoms with Crippen molar-refractivity contribution in [1.29, 1.82) is 0 Å². The molecule has 6 nitrogen and oxygen atoms in total. The predicted molar refractivity (Wildman–Crippen MR) is 108 cm³/mol. The van der Waals surface area contributed by atoms with E-state index in [0.717, 1.165) is 51.4 Å². The van der Waals surface area contributed by atoms with Crippen LogP contribution >= 0.6 is 11.6 Å². The molecule has 2 aliphatic carbocycles. The molecule has 3 fully saturated rings. The number of guanidine groups is 1. The number of hydrogen-bond donors (Lipinski definition) is 2. The fourth-order valence-corrected chi connectivity index (χ4v) is 4.13. The first-order chi connectivity index (χ1) is 13.5. The van der Waals surface area contributed by atoms with E-state index in [4.69, 9.17) is 11.6 Å². The number of hydrogen-bond acceptors (Lipinski definition) is 3. The van der Waals surface area contributed by atoms with Crippen LogP contribution in [-0.2, 0) is 4.79 Å². The summed E-state index contributed by atoms with van der Waals surface area (Å²) in [5.74, 6) is 0.802. The van der Waals surface area contributed by atoms with Crippen molar-refractivity contribution in [3.8, 4) is 0 Å². The lowest BCUT2D eigenvalue weighted by molar-refractivity contribution is -0.122. The molecule has 0 bridgehead atoms. The summed E-state index contributed by atoms with van der Waals surface area (Å²) in [5, 5.41) is 6.98. The second-order valence-corrected chi connectivity index (χ2v) is 8.29. The van der Waals surface area contributed by atoms with Gasteiger partial charge in [-0.15, -0.1) is 0 Å². The molecule has 0 aromatic heterocycles. The quantitative estimate of drug-likeness (QED) is 0.577. The standard InChI is InChI=1S/C20H27ClFN5O/c1-23-20(25-17-11-14(17)19-15(21)3-2-4-16(19)22)27-9-7-26(8-10-27)12-18(28)24-13-5-6-13/h2-4,13-14,17H,5-12H2,1H3,(H,23,25)(H,24,28). The van der Waals surface area contributed by atoms with E-state index in [1.807, 2.05) is 0 Å². The number of piperazine rings is 1. The number of benzene rings is 1. The van der Waals surface area contributed by atoms with Crippen molar-refractivity contribution in [2.75, 3.05) is 39.8 Å². The lowest BCUT2D eigenvalue weighted by atomic mass is 10.1. The van der Waals surface area contributed by atoms with E-state index in [9.17, 15) is 9.18 Å². The third kappa shape index (κ3) is 4.58. The Balaban J connectivity index is 1.26. The molecular weight excluding hydrogens is 381 g/mol. The summed E-state index contributed by atoms with van der Waals surface area (Å²) in [7, 11) is 1.77. The number of nitrogens with zero attached hydrogens (tertiary/aromatic N) is 3. The summed E-state index contributed by atoms with van der Waals surface area (Å²) in [6, 6.07) is 5.39. The highest BCUT2D eigenvalue weighted by molar-refractivity contribution is 6.31. The molecule has 1 aliphatic heterocycles. The summed E-state index contributed by atoms with van der Waals surface area (Å²) in [5.41, 5.74) is 0.601. The topological polar surface area (TPSA) is 60.0 Å². The number of amides is 1.